The first-order valence-corrected chi connectivity index (χ1v) is 13.9. The minimum atomic E-state index is -1.13. The first kappa shape index (κ1) is 27.9. The van der Waals surface area contributed by atoms with Crippen molar-refractivity contribution in [3.8, 4) is 28.4 Å². The molecule has 2 heterocycles. The fraction of sp³-hybridized carbons (Fsp3) is 0.267. The number of benzene rings is 3. The number of carboxylic acid groups (broad SMARTS) is 1. The van der Waals surface area contributed by atoms with Crippen LogP contribution in [0.4, 0.5) is 0 Å². The highest BCUT2D eigenvalue weighted by Crippen LogP contribution is 2.43. The van der Waals surface area contributed by atoms with E-state index in [-0.39, 0.29) is 12.4 Å². The fourth-order valence-corrected chi connectivity index (χ4v) is 5.21. The number of ether oxygens (including phenoxy) is 4. The predicted octanol–water partition coefficient (Wildman–Crippen LogP) is 5.80. The normalized spacial score (nSPS) is 11.1. The number of rotatable bonds is 12. The number of carboxylic acids is 1. The summed E-state index contributed by atoms with van der Waals surface area (Å²) in [6.07, 6.45) is 0.833. The highest BCUT2D eigenvalue weighted by Gasteiger charge is 2.28. The Kier molecular flexibility index (Phi) is 8.34. The molecule has 0 bridgehead atoms. The summed E-state index contributed by atoms with van der Waals surface area (Å²) >= 11 is 1.14. The fourth-order valence-electron chi connectivity index (χ4n) is 4.70. The molecule has 0 aliphatic heterocycles. The van der Waals surface area contributed by atoms with Crippen LogP contribution in [0.2, 0.25) is 0 Å². The molecule has 5 rings (SSSR count). The van der Waals surface area contributed by atoms with E-state index in [1.165, 1.54) is 7.11 Å². The van der Waals surface area contributed by atoms with Crippen LogP contribution in [-0.4, -0.2) is 57.3 Å². The Morgan fingerprint density at radius 3 is 2.51 bits per heavy atom. The third-order valence-corrected chi connectivity index (χ3v) is 7.00. The van der Waals surface area contributed by atoms with Gasteiger partial charge in [-0.2, -0.15) is 8.75 Å². The third-order valence-electron chi connectivity index (χ3n) is 6.44. The van der Waals surface area contributed by atoms with Gasteiger partial charge in [0, 0.05) is 34.6 Å². The van der Waals surface area contributed by atoms with Crippen molar-refractivity contribution < 1.29 is 33.6 Å². The molecular formula is C30H29N3O7S. The molecule has 0 aliphatic carbocycles. The number of aliphatic carboxylic acids is 1. The summed E-state index contributed by atoms with van der Waals surface area (Å²) in [6.45, 7) is 4.25. The first-order valence-electron chi connectivity index (χ1n) is 13.1. The van der Waals surface area contributed by atoms with E-state index in [1.807, 2.05) is 47.9 Å². The van der Waals surface area contributed by atoms with E-state index >= 15 is 0 Å². The monoisotopic (exact) mass is 575 g/mol. The molecule has 2 aromatic heterocycles. The first-order chi connectivity index (χ1) is 19.9. The number of carbonyl (C=O) groups is 2. The summed E-state index contributed by atoms with van der Waals surface area (Å²) in [5.41, 5.74) is 4.63. The maximum Gasteiger partial charge on any atom is 0.355 e. The molecule has 0 aliphatic rings. The van der Waals surface area contributed by atoms with Crippen LogP contribution >= 0.6 is 11.7 Å². The van der Waals surface area contributed by atoms with Gasteiger partial charge in [-0.25, -0.2) is 9.59 Å². The molecule has 11 heteroatoms. The smallest absolute Gasteiger partial charge is 0.355 e. The van der Waals surface area contributed by atoms with Gasteiger partial charge in [-0.05, 0) is 61.4 Å². The summed E-state index contributed by atoms with van der Waals surface area (Å²) in [4.78, 5) is 25.1. The number of fused-ring (bicyclic) bond motifs is 2. The van der Waals surface area contributed by atoms with Crippen LogP contribution in [0.3, 0.4) is 0 Å². The Morgan fingerprint density at radius 2 is 1.76 bits per heavy atom. The van der Waals surface area contributed by atoms with Crippen LogP contribution in [-0.2, 0) is 16.1 Å². The summed E-state index contributed by atoms with van der Waals surface area (Å²) in [7, 11) is 1.51. The van der Waals surface area contributed by atoms with Crippen LogP contribution in [0, 0.1) is 0 Å². The second-order valence-corrected chi connectivity index (χ2v) is 9.72. The van der Waals surface area contributed by atoms with Crippen LogP contribution in [0.5, 0.6) is 17.2 Å². The largest absolute Gasteiger partial charge is 0.497 e. The maximum absolute atomic E-state index is 13.7. The van der Waals surface area contributed by atoms with Crippen LogP contribution in [0.1, 0.15) is 36.3 Å². The van der Waals surface area contributed by atoms with Gasteiger partial charge < -0.3 is 28.6 Å². The zero-order valence-electron chi connectivity index (χ0n) is 22.9. The molecule has 0 radical (unpaired) electrons. The van der Waals surface area contributed by atoms with Crippen molar-refractivity contribution in [1.82, 2.24) is 13.3 Å². The molecule has 1 N–H and O–H groups in total. The zero-order chi connectivity index (χ0) is 28.9. The molecule has 212 valence electrons. The predicted molar refractivity (Wildman–Crippen MR) is 155 cm³/mol. The van der Waals surface area contributed by atoms with Crippen molar-refractivity contribution in [2.45, 2.75) is 26.8 Å². The van der Waals surface area contributed by atoms with E-state index in [4.69, 9.17) is 18.9 Å². The quantitative estimate of drug-likeness (QED) is 0.184. The van der Waals surface area contributed by atoms with E-state index < -0.39 is 18.5 Å². The molecule has 41 heavy (non-hydrogen) atoms. The van der Waals surface area contributed by atoms with Gasteiger partial charge in [-0.15, -0.1) is 0 Å². The van der Waals surface area contributed by atoms with Crippen molar-refractivity contribution in [2.75, 3.05) is 26.9 Å². The number of carbonyl (C=O) groups excluding carboxylic acids is 1. The van der Waals surface area contributed by atoms with Crippen molar-refractivity contribution in [2.24, 2.45) is 0 Å². The summed E-state index contributed by atoms with van der Waals surface area (Å²) in [5.74, 6) is -0.274. The lowest BCUT2D eigenvalue weighted by molar-refractivity contribution is -0.139. The minimum absolute atomic E-state index is 0.173. The number of hydrogen-bond donors (Lipinski definition) is 1. The summed E-state index contributed by atoms with van der Waals surface area (Å²) in [6, 6.07) is 16.6. The van der Waals surface area contributed by atoms with Crippen LogP contribution < -0.4 is 14.2 Å². The standard InChI is InChI=1S/C30H29N3O7S/c1-4-12-39-20-8-11-25-22(14-20)28(21-9-7-19(37-3)15-26(21)40-17-27(34)35)29(30(36)38-5-2)33(25)16-18-6-10-23-24(13-18)32-41-31-23/h6-11,13-15H,4-5,12,16-17H2,1-3H3,(H,34,35). The van der Waals surface area contributed by atoms with Crippen molar-refractivity contribution in [3.63, 3.8) is 0 Å². The highest BCUT2D eigenvalue weighted by atomic mass is 32.1. The average Bonchev–Trinajstić information content (AvgIpc) is 3.57. The van der Waals surface area contributed by atoms with E-state index in [9.17, 15) is 14.7 Å². The molecule has 0 amide bonds. The summed E-state index contributed by atoms with van der Waals surface area (Å²) < 4.78 is 33.2. The van der Waals surface area contributed by atoms with Crippen LogP contribution in [0.15, 0.2) is 54.6 Å². The molecular weight excluding hydrogens is 546 g/mol. The Bertz CT molecular complexity index is 1730. The number of methoxy groups -OCH3 is 1. The second-order valence-electron chi connectivity index (χ2n) is 9.19. The molecule has 0 saturated carbocycles. The Hall–Kier alpha value is -4.64. The van der Waals surface area contributed by atoms with E-state index in [0.29, 0.717) is 41.5 Å². The van der Waals surface area contributed by atoms with E-state index in [2.05, 4.69) is 8.75 Å². The molecule has 0 unspecified atom stereocenters. The lowest BCUT2D eigenvalue weighted by Crippen LogP contribution is -2.14. The number of esters is 1. The Balaban J connectivity index is 1.78. The molecule has 3 aromatic carbocycles. The zero-order valence-corrected chi connectivity index (χ0v) is 23.7. The SMILES string of the molecule is CCCOc1ccc2c(c1)c(-c1ccc(OC)cc1OCC(=O)O)c(C(=O)OCC)n2Cc1ccc2nsnc2c1. The van der Waals surface area contributed by atoms with E-state index in [0.717, 1.165) is 45.6 Å². The van der Waals surface area contributed by atoms with Crippen molar-refractivity contribution in [3.05, 3.63) is 65.9 Å². The van der Waals surface area contributed by atoms with Gasteiger partial charge in [-0.3, -0.25) is 0 Å². The van der Waals surface area contributed by atoms with E-state index in [1.54, 1.807) is 25.1 Å². The minimum Gasteiger partial charge on any atom is -0.497 e. The molecule has 0 fully saturated rings. The van der Waals surface area contributed by atoms with Gasteiger partial charge in [-0.1, -0.05) is 13.0 Å². The maximum atomic E-state index is 13.7. The topological polar surface area (TPSA) is 122 Å². The average molecular weight is 576 g/mol. The molecule has 5 aromatic rings. The number of aromatic nitrogens is 3. The second kappa shape index (κ2) is 12.3. The van der Waals surface area contributed by atoms with Gasteiger partial charge in [0.2, 0.25) is 0 Å². The molecule has 10 nitrogen and oxygen atoms in total. The van der Waals surface area contributed by atoms with Gasteiger partial charge in [0.1, 0.15) is 34.0 Å². The number of nitrogens with zero attached hydrogens (tertiary/aromatic N) is 3. The molecule has 0 atom stereocenters. The van der Waals surface area contributed by atoms with Gasteiger partial charge in [0.15, 0.2) is 6.61 Å². The third kappa shape index (κ3) is 5.80. The van der Waals surface area contributed by atoms with Crippen molar-refractivity contribution in [1.29, 1.82) is 0 Å². The molecule has 0 saturated heterocycles. The lowest BCUT2D eigenvalue weighted by Gasteiger charge is -2.15. The Morgan fingerprint density at radius 1 is 0.951 bits per heavy atom. The highest BCUT2D eigenvalue weighted by molar-refractivity contribution is 7.00. The Labute approximate surface area is 240 Å². The van der Waals surface area contributed by atoms with Gasteiger partial charge in [0.05, 0.1) is 32.1 Å². The van der Waals surface area contributed by atoms with Crippen LogP contribution in [0.25, 0.3) is 33.1 Å². The van der Waals surface area contributed by atoms with Gasteiger partial charge >= 0.3 is 11.9 Å². The number of hydrogen-bond acceptors (Lipinski definition) is 9. The lowest BCUT2D eigenvalue weighted by atomic mass is 10.00. The molecule has 0 spiro atoms. The van der Waals surface area contributed by atoms with Crippen molar-refractivity contribution >= 4 is 45.6 Å². The van der Waals surface area contributed by atoms with Gasteiger partial charge in [0.25, 0.3) is 0 Å². The summed E-state index contributed by atoms with van der Waals surface area (Å²) in [5, 5.41) is 10.1.